The molecular formula is C18H28N2O. The maximum atomic E-state index is 12.9. The van der Waals surface area contributed by atoms with Crippen LogP contribution < -0.4 is 4.90 Å². The first-order valence-corrected chi connectivity index (χ1v) is 8.10. The molecule has 1 aromatic rings. The maximum absolute atomic E-state index is 12.9. The fourth-order valence-corrected chi connectivity index (χ4v) is 2.96. The third kappa shape index (κ3) is 3.85. The topological polar surface area (TPSA) is 23.6 Å². The molecule has 0 unspecified atom stereocenters. The van der Waals surface area contributed by atoms with Crippen LogP contribution in [0.5, 0.6) is 0 Å². The van der Waals surface area contributed by atoms with Crippen LogP contribution in [0.4, 0.5) is 5.69 Å². The summed E-state index contributed by atoms with van der Waals surface area (Å²) in [6, 6.07) is 6.36. The molecule has 21 heavy (non-hydrogen) atoms. The summed E-state index contributed by atoms with van der Waals surface area (Å²) in [7, 11) is 2.13. The Morgan fingerprint density at radius 3 is 2.48 bits per heavy atom. The molecule has 0 N–H and O–H groups in total. The first kappa shape index (κ1) is 16.0. The van der Waals surface area contributed by atoms with Crippen LogP contribution in [0.15, 0.2) is 18.2 Å². The van der Waals surface area contributed by atoms with E-state index in [1.807, 2.05) is 4.90 Å². The van der Waals surface area contributed by atoms with Crippen molar-refractivity contribution in [1.82, 2.24) is 4.90 Å². The van der Waals surface area contributed by atoms with E-state index in [9.17, 15) is 4.79 Å². The van der Waals surface area contributed by atoms with E-state index in [1.54, 1.807) is 0 Å². The number of benzene rings is 1. The van der Waals surface area contributed by atoms with E-state index < -0.39 is 0 Å². The largest absolute Gasteiger partial charge is 0.312 e. The van der Waals surface area contributed by atoms with Gasteiger partial charge in [-0.15, -0.1) is 0 Å². The van der Waals surface area contributed by atoms with Gasteiger partial charge < -0.3 is 9.80 Å². The van der Waals surface area contributed by atoms with Crippen LogP contribution in [0.2, 0.25) is 0 Å². The van der Waals surface area contributed by atoms with Crippen molar-refractivity contribution in [3.05, 3.63) is 29.3 Å². The quantitative estimate of drug-likeness (QED) is 0.848. The lowest BCUT2D eigenvalue weighted by Gasteiger charge is -2.32. The predicted molar refractivity (Wildman–Crippen MR) is 88.8 cm³/mol. The highest BCUT2D eigenvalue weighted by atomic mass is 16.2. The summed E-state index contributed by atoms with van der Waals surface area (Å²) < 4.78 is 0. The summed E-state index contributed by atoms with van der Waals surface area (Å²) in [5.41, 5.74) is 3.59. The Morgan fingerprint density at radius 1 is 1.24 bits per heavy atom. The summed E-state index contributed by atoms with van der Waals surface area (Å²) >= 11 is 0. The van der Waals surface area contributed by atoms with Gasteiger partial charge in [-0.05, 0) is 76.5 Å². The summed E-state index contributed by atoms with van der Waals surface area (Å²) in [5, 5.41) is 0. The molecular weight excluding hydrogens is 260 g/mol. The number of likely N-dealkylation sites (tertiary alicyclic amines) is 1. The van der Waals surface area contributed by atoms with Gasteiger partial charge in [0.2, 0.25) is 5.91 Å². The number of nitrogens with zero attached hydrogens (tertiary/aromatic N) is 2. The molecule has 3 heteroatoms. The summed E-state index contributed by atoms with van der Waals surface area (Å²) in [5.74, 6) is 0.502. The Morgan fingerprint density at radius 2 is 1.90 bits per heavy atom. The second-order valence-electron chi connectivity index (χ2n) is 6.34. The van der Waals surface area contributed by atoms with Crippen LogP contribution in [-0.4, -0.2) is 37.5 Å². The van der Waals surface area contributed by atoms with Gasteiger partial charge in [-0.3, -0.25) is 4.79 Å². The van der Waals surface area contributed by atoms with Crippen LogP contribution in [0.3, 0.4) is 0 Å². The Hall–Kier alpha value is -1.35. The van der Waals surface area contributed by atoms with Gasteiger partial charge in [0, 0.05) is 18.2 Å². The highest BCUT2D eigenvalue weighted by molar-refractivity contribution is 5.95. The highest BCUT2D eigenvalue weighted by Crippen LogP contribution is 2.25. The number of hydrogen-bond donors (Lipinski definition) is 0. The van der Waals surface area contributed by atoms with Crippen LogP contribution in [0.1, 0.15) is 37.3 Å². The van der Waals surface area contributed by atoms with E-state index >= 15 is 0 Å². The number of hydrogen-bond acceptors (Lipinski definition) is 2. The van der Waals surface area contributed by atoms with Crippen molar-refractivity contribution in [1.29, 1.82) is 0 Å². The zero-order chi connectivity index (χ0) is 15.4. The van der Waals surface area contributed by atoms with Crippen molar-refractivity contribution >= 4 is 11.6 Å². The molecule has 1 saturated heterocycles. The number of amides is 1. The van der Waals surface area contributed by atoms with Gasteiger partial charge in [0.25, 0.3) is 0 Å². The third-order valence-electron chi connectivity index (χ3n) is 4.58. The molecule has 116 valence electrons. The molecule has 1 heterocycles. The van der Waals surface area contributed by atoms with Crippen LogP contribution in [-0.2, 0) is 4.79 Å². The van der Waals surface area contributed by atoms with E-state index in [4.69, 9.17) is 0 Å². The molecule has 0 radical (unpaired) electrons. The third-order valence-corrected chi connectivity index (χ3v) is 4.58. The number of carbonyl (C=O) groups is 1. The molecule has 0 aliphatic carbocycles. The lowest BCUT2D eigenvalue weighted by Crippen LogP contribution is -2.42. The molecule has 0 bridgehead atoms. The van der Waals surface area contributed by atoms with Crippen molar-refractivity contribution in [2.75, 3.05) is 31.6 Å². The van der Waals surface area contributed by atoms with Crippen molar-refractivity contribution in [3.8, 4) is 0 Å². The normalized spacial score (nSPS) is 17.0. The molecule has 0 saturated carbocycles. The SMILES string of the molecule is CCCN(C(=O)C1CCN(C)CC1)c1ccc(C)c(C)c1. The maximum Gasteiger partial charge on any atom is 0.230 e. The average molecular weight is 288 g/mol. The van der Waals surface area contributed by atoms with E-state index in [1.165, 1.54) is 11.1 Å². The van der Waals surface area contributed by atoms with Crippen LogP contribution in [0.25, 0.3) is 0 Å². The van der Waals surface area contributed by atoms with Crippen LogP contribution in [0, 0.1) is 19.8 Å². The van der Waals surface area contributed by atoms with Gasteiger partial charge in [0.05, 0.1) is 0 Å². The van der Waals surface area contributed by atoms with Gasteiger partial charge in [0.15, 0.2) is 0 Å². The lowest BCUT2D eigenvalue weighted by atomic mass is 9.95. The Balaban J connectivity index is 2.17. The molecule has 1 amide bonds. The van der Waals surface area contributed by atoms with E-state index in [2.05, 4.69) is 50.9 Å². The predicted octanol–water partition coefficient (Wildman–Crippen LogP) is 3.39. The van der Waals surface area contributed by atoms with Crippen molar-refractivity contribution in [2.24, 2.45) is 5.92 Å². The fourth-order valence-electron chi connectivity index (χ4n) is 2.96. The molecule has 0 atom stereocenters. The minimum atomic E-state index is 0.189. The molecule has 2 rings (SSSR count). The minimum Gasteiger partial charge on any atom is -0.312 e. The zero-order valence-corrected chi connectivity index (χ0v) is 13.9. The van der Waals surface area contributed by atoms with Crippen molar-refractivity contribution < 1.29 is 4.79 Å². The van der Waals surface area contributed by atoms with Gasteiger partial charge in [-0.2, -0.15) is 0 Å². The molecule has 1 aliphatic heterocycles. The van der Waals surface area contributed by atoms with Crippen molar-refractivity contribution in [3.63, 3.8) is 0 Å². The Labute approximate surface area is 128 Å². The molecule has 1 aromatic carbocycles. The first-order chi connectivity index (χ1) is 10.0. The Bertz CT molecular complexity index is 490. The monoisotopic (exact) mass is 288 g/mol. The fraction of sp³-hybridized carbons (Fsp3) is 0.611. The van der Waals surface area contributed by atoms with Crippen LogP contribution >= 0.6 is 0 Å². The number of rotatable bonds is 4. The smallest absolute Gasteiger partial charge is 0.230 e. The second-order valence-corrected chi connectivity index (χ2v) is 6.34. The number of aryl methyl sites for hydroxylation is 2. The van der Waals surface area contributed by atoms with E-state index in [0.717, 1.165) is 44.6 Å². The van der Waals surface area contributed by atoms with Gasteiger partial charge in [-0.25, -0.2) is 0 Å². The van der Waals surface area contributed by atoms with Gasteiger partial charge in [-0.1, -0.05) is 13.0 Å². The number of piperidine rings is 1. The Kier molecular flexibility index (Phi) is 5.40. The molecule has 1 fully saturated rings. The zero-order valence-electron chi connectivity index (χ0n) is 13.9. The minimum absolute atomic E-state index is 0.189. The van der Waals surface area contributed by atoms with Crippen molar-refractivity contribution in [2.45, 2.75) is 40.0 Å². The van der Waals surface area contributed by atoms with E-state index in [-0.39, 0.29) is 5.92 Å². The summed E-state index contributed by atoms with van der Waals surface area (Å²) in [6.07, 6.45) is 2.96. The molecule has 3 nitrogen and oxygen atoms in total. The highest BCUT2D eigenvalue weighted by Gasteiger charge is 2.28. The summed E-state index contributed by atoms with van der Waals surface area (Å²) in [4.78, 5) is 17.2. The molecule has 0 aromatic heterocycles. The molecule has 0 spiro atoms. The van der Waals surface area contributed by atoms with Gasteiger partial charge in [0.1, 0.15) is 0 Å². The number of anilines is 1. The summed E-state index contributed by atoms with van der Waals surface area (Å²) in [6.45, 7) is 9.24. The molecule has 1 aliphatic rings. The second kappa shape index (κ2) is 7.08. The first-order valence-electron chi connectivity index (χ1n) is 8.10. The lowest BCUT2D eigenvalue weighted by molar-refractivity contribution is -0.123. The van der Waals surface area contributed by atoms with Gasteiger partial charge >= 0.3 is 0 Å². The number of carbonyl (C=O) groups excluding carboxylic acids is 1. The average Bonchev–Trinajstić information content (AvgIpc) is 2.48. The standard InChI is InChI=1S/C18H28N2O/c1-5-10-20(17-7-6-14(2)15(3)13-17)18(21)16-8-11-19(4)12-9-16/h6-7,13,16H,5,8-12H2,1-4H3. The van der Waals surface area contributed by atoms with E-state index in [0.29, 0.717) is 5.91 Å².